The SMILES string of the molecule is O=C(O)c1ccccc1O.Oc1cccc2cccnc12.c1ccc(-c2ccccn2)nc1. The molecular formula is C26H21N3O4. The number of fused-ring (bicyclic) bond motifs is 1. The number of phenols is 2. The molecule has 0 spiro atoms. The Balaban J connectivity index is 0.000000140. The zero-order valence-corrected chi connectivity index (χ0v) is 17.5. The molecule has 3 N–H and O–H groups in total. The van der Waals surface area contributed by atoms with E-state index in [0.717, 1.165) is 16.8 Å². The number of hydrogen-bond donors (Lipinski definition) is 3. The van der Waals surface area contributed by atoms with Crippen LogP contribution in [0.5, 0.6) is 11.5 Å². The van der Waals surface area contributed by atoms with Crippen molar-refractivity contribution in [2.24, 2.45) is 0 Å². The highest BCUT2D eigenvalue weighted by atomic mass is 16.4. The van der Waals surface area contributed by atoms with E-state index in [1.807, 2.05) is 54.6 Å². The lowest BCUT2D eigenvalue weighted by atomic mass is 10.2. The first-order valence-electron chi connectivity index (χ1n) is 9.92. The second-order valence-corrected chi connectivity index (χ2v) is 6.60. The Labute approximate surface area is 190 Å². The van der Waals surface area contributed by atoms with Gasteiger partial charge < -0.3 is 15.3 Å². The van der Waals surface area contributed by atoms with Gasteiger partial charge in [-0.2, -0.15) is 0 Å². The molecule has 0 unspecified atom stereocenters. The number of nitrogens with zero attached hydrogens (tertiary/aromatic N) is 3. The highest BCUT2D eigenvalue weighted by molar-refractivity contribution is 5.90. The molecule has 5 aromatic rings. The van der Waals surface area contributed by atoms with Gasteiger partial charge in [-0.15, -0.1) is 0 Å². The molecule has 0 aliphatic carbocycles. The van der Waals surface area contributed by atoms with Gasteiger partial charge >= 0.3 is 5.97 Å². The Kier molecular flexibility index (Phi) is 8.03. The molecule has 0 atom stereocenters. The van der Waals surface area contributed by atoms with Crippen LogP contribution in [0.2, 0.25) is 0 Å². The third kappa shape index (κ3) is 6.60. The van der Waals surface area contributed by atoms with Gasteiger partial charge in [0, 0.05) is 24.0 Å². The standard InChI is InChI=1S/C10H8N2.C9H7NO.C7H6O3/c1-3-7-11-9(5-1)10-6-2-4-8-12-10;11-8-5-1-3-7-4-2-6-10-9(7)8;8-6-4-2-1-3-5(6)7(9)10/h1-8H;1-6,11H;1-4,8H,(H,9,10). The van der Waals surface area contributed by atoms with Gasteiger partial charge in [0.2, 0.25) is 0 Å². The van der Waals surface area contributed by atoms with Crippen molar-refractivity contribution in [2.75, 3.05) is 0 Å². The normalized spacial score (nSPS) is 9.70. The predicted octanol–water partition coefficient (Wildman–Crippen LogP) is 5.17. The molecule has 0 amide bonds. The molecular weight excluding hydrogens is 418 g/mol. The van der Waals surface area contributed by atoms with Crippen molar-refractivity contribution in [2.45, 2.75) is 0 Å². The summed E-state index contributed by atoms with van der Waals surface area (Å²) in [6, 6.07) is 26.5. The lowest BCUT2D eigenvalue weighted by Crippen LogP contribution is -1.95. The van der Waals surface area contributed by atoms with Gasteiger partial charge in [0.05, 0.1) is 11.4 Å². The number of carboxylic acid groups (broad SMARTS) is 1. The van der Waals surface area contributed by atoms with Crippen LogP contribution in [0.3, 0.4) is 0 Å². The first-order chi connectivity index (χ1) is 16.1. The van der Waals surface area contributed by atoms with Gasteiger partial charge in [-0.25, -0.2) is 4.79 Å². The minimum absolute atomic E-state index is 0.0671. The van der Waals surface area contributed by atoms with Crippen LogP contribution < -0.4 is 0 Å². The third-order valence-corrected chi connectivity index (χ3v) is 4.34. The second-order valence-electron chi connectivity index (χ2n) is 6.60. The maximum Gasteiger partial charge on any atom is 0.339 e. The fourth-order valence-electron chi connectivity index (χ4n) is 2.77. The second kappa shape index (κ2) is 11.6. The smallest absolute Gasteiger partial charge is 0.339 e. The molecule has 0 aliphatic rings. The lowest BCUT2D eigenvalue weighted by Gasteiger charge is -1.96. The van der Waals surface area contributed by atoms with Gasteiger partial charge in [0.25, 0.3) is 0 Å². The number of aromatic nitrogens is 3. The molecule has 2 aromatic carbocycles. The van der Waals surface area contributed by atoms with Crippen molar-refractivity contribution in [1.82, 2.24) is 15.0 Å². The zero-order valence-electron chi connectivity index (χ0n) is 17.5. The summed E-state index contributed by atoms with van der Waals surface area (Å²) in [5.41, 5.74) is 2.42. The summed E-state index contributed by atoms with van der Waals surface area (Å²) >= 11 is 0. The Morgan fingerprint density at radius 3 is 1.64 bits per heavy atom. The molecule has 3 aromatic heterocycles. The van der Waals surface area contributed by atoms with E-state index in [-0.39, 0.29) is 17.1 Å². The van der Waals surface area contributed by atoms with Crippen molar-refractivity contribution in [3.63, 3.8) is 0 Å². The molecule has 0 saturated heterocycles. The predicted molar refractivity (Wildman–Crippen MR) is 126 cm³/mol. The molecule has 0 fully saturated rings. The van der Waals surface area contributed by atoms with E-state index < -0.39 is 5.97 Å². The van der Waals surface area contributed by atoms with Crippen molar-refractivity contribution in [1.29, 1.82) is 0 Å². The largest absolute Gasteiger partial charge is 0.507 e. The number of aromatic carboxylic acids is 1. The third-order valence-electron chi connectivity index (χ3n) is 4.34. The van der Waals surface area contributed by atoms with Crippen LogP contribution in [-0.4, -0.2) is 36.2 Å². The van der Waals surface area contributed by atoms with Crippen molar-refractivity contribution in [3.05, 3.63) is 115 Å². The van der Waals surface area contributed by atoms with E-state index in [1.54, 1.807) is 42.9 Å². The minimum Gasteiger partial charge on any atom is -0.507 e. The van der Waals surface area contributed by atoms with Gasteiger partial charge in [0.15, 0.2) is 0 Å². The number of carbonyl (C=O) groups is 1. The Morgan fingerprint density at radius 2 is 1.12 bits per heavy atom. The van der Waals surface area contributed by atoms with E-state index in [0.29, 0.717) is 5.52 Å². The van der Waals surface area contributed by atoms with Crippen LogP contribution in [0, 0.1) is 0 Å². The van der Waals surface area contributed by atoms with Crippen molar-refractivity contribution < 1.29 is 20.1 Å². The van der Waals surface area contributed by atoms with Crippen LogP contribution in [0.4, 0.5) is 0 Å². The molecule has 0 saturated carbocycles. The van der Waals surface area contributed by atoms with Crippen LogP contribution in [0.25, 0.3) is 22.3 Å². The maximum atomic E-state index is 10.3. The highest BCUT2D eigenvalue weighted by Crippen LogP contribution is 2.20. The molecule has 7 heteroatoms. The average molecular weight is 439 g/mol. The van der Waals surface area contributed by atoms with Crippen LogP contribution >= 0.6 is 0 Å². The number of benzene rings is 2. The minimum atomic E-state index is -1.11. The molecule has 5 rings (SSSR count). The monoisotopic (exact) mass is 439 g/mol. The van der Waals surface area contributed by atoms with Gasteiger partial charge in [-0.1, -0.05) is 42.5 Å². The van der Waals surface area contributed by atoms with Crippen LogP contribution in [0.15, 0.2) is 110 Å². The van der Waals surface area contributed by atoms with E-state index in [1.165, 1.54) is 12.1 Å². The average Bonchev–Trinajstić information content (AvgIpc) is 2.86. The number of hydrogen-bond acceptors (Lipinski definition) is 6. The van der Waals surface area contributed by atoms with Crippen molar-refractivity contribution >= 4 is 16.9 Å². The van der Waals surface area contributed by atoms with Crippen LogP contribution in [-0.2, 0) is 0 Å². The summed E-state index contributed by atoms with van der Waals surface area (Å²) in [4.78, 5) is 22.7. The fourth-order valence-corrected chi connectivity index (χ4v) is 2.77. The van der Waals surface area contributed by atoms with E-state index in [4.69, 9.17) is 10.2 Å². The first kappa shape index (κ1) is 22.9. The fraction of sp³-hybridized carbons (Fsp3) is 0. The molecule has 3 heterocycles. The van der Waals surface area contributed by atoms with Crippen molar-refractivity contribution in [3.8, 4) is 22.9 Å². The number of aromatic hydroxyl groups is 2. The number of rotatable bonds is 2. The summed E-state index contributed by atoms with van der Waals surface area (Å²) in [6.07, 6.45) is 5.20. The highest BCUT2D eigenvalue weighted by Gasteiger charge is 2.05. The maximum absolute atomic E-state index is 10.3. The van der Waals surface area contributed by atoms with E-state index in [9.17, 15) is 9.90 Å². The number of carboxylic acids is 1. The number of pyridine rings is 3. The topological polar surface area (TPSA) is 116 Å². The quantitative estimate of drug-likeness (QED) is 0.347. The number of para-hydroxylation sites is 2. The first-order valence-corrected chi connectivity index (χ1v) is 9.92. The summed E-state index contributed by atoms with van der Waals surface area (Å²) in [5.74, 6) is -1.07. The number of phenolic OH excluding ortho intramolecular Hbond substituents is 1. The summed E-state index contributed by atoms with van der Waals surface area (Å²) in [6.45, 7) is 0. The molecule has 0 radical (unpaired) electrons. The van der Waals surface area contributed by atoms with E-state index >= 15 is 0 Å². The molecule has 33 heavy (non-hydrogen) atoms. The molecule has 164 valence electrons. The summed E-state index contributed by atoms with van der Waals surface area (Å²) < 4.78 is 0. The summed E-state index contributed by atoms with van der Waals surface area (Å²) in [7, 11) is 0. The lowest BCUT2D eigenvalue weighted by molar-refractivity contribution is 0.0693. The zero-order chi connectivity index (χ0) is 23.5. The Morgan fingerprint density at radius 1 is 0.576 bits per heavy atom. The Bertz CT molecular complexity index is 1270. The van der Waals surface area contributed by atoms with Gasteiger partial charge in [-0.3, -0.25) is 15.0 Å². The molecule has 0 bridgehead atoms. The van der Waals surface area contributed by atoms with Crippen LogP contribution in [0.1, 0.15) is 10.4 Å². The van der Waals surface area contributed by atoms with Gasteiger partial charge in [-0.05, 0) is 48.5 Å². The van der Waals surface area contributed by atoms with E-state index in [2.05, 4.69) is 15.0 Å². The van der Waals surface area contributed by atoms with Gasteiger partial charge in [0.1, 0.15) is 22.6 Å². The summed E-state index contributed by atoms with van der Waals surface area (Å²) in [5, 5.41) is 27.6. The Hall–Kier alpha value is -4.78. The molecule has 7 nitrogen and oxygen atoms in total. The molecule has 0 aliphatic heterocycles.